The molecule has 0 bridgehead atoms. The van der Waals surface area contributed by atoms with Crippen LogP contribution in [0.2, 0.25) is 5.02 Å². The first-order chi connectivity index (χ1) is 13.5. The molecule has 1 aliphatic rings. The normalized spacial score (nSPS) is 19.6. The minimum atomic E-state index is -0.0332. The summed E-state index contributed by atoms with van der Waals surface area (Å²) in [6.45, 7) is 5.12. The van der Waals surface area contributed by atoms with Crippen LogP contribution in [0.5, 0.6) is 0 Å². The lowest BCUT2D eigenvalue weighted by Crippen LogP contribution is -2.48. The first kappa shape index (κ1) is 18.7. The van der Waals surface area contributed by atoms with Crippen molar-refractivity contribution in [1.82, 2.24) is 14.7 Å². The molecule has 0 unspecified atom stereocenters. The van der Waals surface area contributed by atoms with Crippen LogP contribution < -0.4 is 0 Å². The maximum Gasteiger partial charge on any atom is 0.257 e. The molecule has 1 aliphatic heterocycles. The molecule has 0 aliphatic carbocycles. The van der Waals surface area contributed by atoms with Gasteiger partial charge in [0.15, 0.2) is 0 Å². The van der Waals surface area contributed by atoms with E-state index in [4.69, 9.17) is 21.4 Å². The Labute approximate surface area is 169 Å². The van der Waals surface area contributed by atoms with Crippen molar-refractivity contribution < 1.29 is 9.53 Å². The fraction of sp³-hybridized carbons (Fsp3) is 0.273. The van der Waals surface area contributed by atoms with Crippen molar-refractivity contribution in [1.29, 1.82) is 0 Å². The van der Waals surface area contributed by atoms with Gasteiger partial charge in [0.1, 0.15) is 5.69 Å². The van der Waals surface area contributed by atoms with E-state index in [-0.39, 0.29) is 18.1 Å². The van der Waals surface area contributed by atoms with Crippen LogP contribution in [-0.2, 0) is 4.74 Å². The van der Waals surface area contributed by atoms with E-state index in [0.717, 1.165) is 11.3 Å². The minimum absolute atomic E-state index is 0.0100. The number of hydrogen-bond acceptors (Lipinski definition) is 3. The van der Waals surface area contributed by atoms with Gasteiger partial charge in [-0.25, -0.2) is 4.68 Å². The molecule has 2 heterocycles. The van der Waals surface area contributed by atoms with E-state index in [1.807, 2.05) is 79.5 Å². The molecule has 4 rings (SSSR count). The quantitative estimate of drug-likeness (QED) is 0.658. The Morgan fingerprint density at radius 1 is 1.04 bits per heavy atom. The third-order valence-corrected chi connectivity index (χ3v) is 5.04. The van der Waals surface area contributed by atoms with E-state index >= 15 is 0 Å². The van der Waals surface area contributed by atoms with Crippen LogP contribution in [0.15, 0.2) is 60.8 Å². The molecule has 1 aromatic heterocycles. The lowest BCUT2D eigenvalue weighted by Gasteiger charge is -2.35. The molecule has 1 saturated heterocycles. The number of aromatic nitrogens is 2. The Balaban J connectivity index is 1.77. The number of nitrogens with zero attached hydrogens (tertiary/aromatic N) is 3. The van der Waals surface area contributed by atoms with E-state index in [2.05, 4.69) is 0 Å². The second-order valence-corrected chi connectivity index (χ2v) is 7.58. The summed E-state index contributed by atoms with van der Waals surface area (Å²) in [5.41, 5.74) is 2.99. The molecule has 1 fully saturated rings. The predicted octanol–water partition coefficient (Wildman–Crippen LogP) is 4.44. The molecule has 5 nitrogen and oxygen atoms in total. The van der Waals surface area contributed by atoms with Crippen molar-refractivity contribution in [2.24, 2.45) is 0 Å². The molecule has 144 valence electrons. The maximum atomic E-state index is 13.4. The molecule has 2 aromatic carbocycles. The monoisotopic (exact) mass is 395 g/mol. The Kier molecular flexibility index (Phi) is 5.20. The number of hydrogen-bond donors (Lipinski definition) is 0. The summed E-state index contributed by atoms with van der Waals surface area (Å²) in [7, 11) is 0. The van der Waals surface area contributed by atoms with Crippen molar-refractivity contribution in [2.75, 3.05) is 13.1 Å². The van der Waals surface area contributed by atoms with E-state index in [0.29, 0.717) is 29.4 Å². The molecule has 6 heteroatoms. The third-order valence-electron chi connectivity index (χ3n) is 4.79. The van der Waals surface area contributed by atoms with E-state index in [1.165, 1.54) is 0 Å². The summed E-state index contributed by atoms with van der Waals surface area (Å²) in [6.07, 6.45) is 1.83. The van der Waals surface area contributed by atoms with E-state index in [1.54, 1.807) is 4.68 Å². The number of benzene rings is 2. The van der Waals surface area contributed by atoms with Gasteiger partial charge < -0.3 is 9.64 Å². The predicted molar refractivity (Wildman–Crippen MR) is 110 cm³/mol. The highest BCUT2D eigenvalue weighted by atomic mass is 35.5. The number of amides is 1. The van der Waals surface area contributed by atoms with Crippen LogP contribution >= 0.6 is 11.6 Å². The van der Waals surface area contributed by atoms with Crippen LogP contribution in [-0.4, -0.2) is 45.9 Å². The molecular formula is C22H22ClN3O2. The SMILES string of the molecule is C[C@H]1CN(C(=O)c2cn(-c3ccccc3)nc2-c2ccc(Cl)cc2)C[C@H](C)O1. The average Bonchev–Trinajstić information content (AvgIpc) is 3.13. The van der Waals surface area contributed by atoms with Gasteiger partial charge >= 0.3 is 0 Å². The summed E-state index contributed by atoms with van der Waals surface area (Å²) in [6, 6.07) is 17.2. The average molecular weight is 396 g/mol. The van der Waals surface area contributed by atoms with Crippen LogP contribution in [0.4, 0.5) is 0 Å². The fourth-order valence-electron chi connectivity index (χ4n) is 3.58. The third kappa shape index (κ3) is 3.81. The van der Waals surface area contributed by atoms with Crippen molar-refractivity contribution in [3.63, 3.8) is 0 Å². The molecule has 1 amide bonds. The lowest BCUT2D eigenvalue weighted by atomic mass is 10.1. The highest BCUT2D eigenvalue weighted by Crippen LogP contribution is 2.27. The number of halogens is 1. The number of carbonyl (C=O) groups is 1. The Morgan fingerprint density at radius 3 is 2.32 bits per heavy atom. The summed E-state index contributed by atoms with van der Waals surface area (Å²) in [4.78, 5) is 15.2. The Hall–Kier alpha value is -2.63. The minimum Gasteiger partial charge on any atom is -0.372 e. The van der Waals surface area contributed by atoms with E-state index in [9.17, 15) is 4.79 Å². The first-order valence-corrected chi connectivity index (χ1v) is 9.75. The van der Waals surface area contributed by atoms with Gasteiger partial charge in [-0.3, -0.25) is 4.79 Å². The fourth-order valence-corrected chi connectivity index (χ4v) is 3.70. The molecule has 2 atom stereocenters. The van der Waals surface area contributed by atoms with Crippen LogP contribution in [0, 0.1) is 0 Å². The summed E-state index contributed by atoms with van der Waals surface area (Å²) >= 11 is 6.04. The maximum absolute atomic E-state index is 13.4. The van der Waals surface area contributed by atoms with Gasteiger partial charge in [-0.2, -0.15) is 5.10 Å². The van der Waals surface area contributed by atoms with Gasteiger partial charge in [0.25, 0.3) is 5.91 Å². The second kappa shape index (κ2) is 7.78. The molecular weight excluding hydrogens is 374 g/mol. The van der Waals surface area contributed by atoms with Gasteiger partial charge in [-0.1, -0.05) is 41.9 Å². The standard InChI is InChI=1S/C22H22ClN3O2/c1-15-12-25(13-16(2)28-15)22(27)20-14-26(19-6-4-3-5-7-19)24-21(20)17-8-10-18(23)11-9-17/h3-11,14-16H,12-13H2,1-2H3/t15-,16-/m0/s1. The number of ether oxygens (including phenoxy) is 1. The van der Waals surface area contributed by atoms with Crippen molar-refractivity contribution >= 4 is 17.5 Å². The topological polar surface area (TPSA) is 47.4 Å². The molecule has 3 aromatic rings. The zero-order valence-corrected chi connectivity index (χ0v) is 16.6. The lowest BCUT2D eigenvalue weighted by molar-refractivity contribution is -0.0586. The van der Waals surface area contributed by atoms with Crippen molar-refractivity contribution in [2.45, 2.75) is 26.1 Å². The summed E-state index contributed by atoms with van der Waals surface area (Å²) < 4.78 is 7.53. The van der Waals surface area contributed by atoms with Crippen molar-refractivity contribution in [3.05, 3.63) is 71.4 Å². The zero-order chi connectivity index (χ0) is 19.7. The summed E-state index contributed by atoms with van der Waals surface area (Å²) in [5.74, 6) is -0.0332. The highest BCUT2D eigenvalue weighted by Gasteiger charge is 2.29. The zero-order valence-electron chi connectivity index (χ0n) is 15.9. The second-order valence-electron chi connectivity index (χ2n) is 7.15. The Morgan fingerprint density at radius 2 is 1.68 bits per heavy atom. The van der Waals surface area contributed by atoms with Crippen LogP contribution in [0.1, 0.15) is 24.2 Å². The number of para-hydroxylation sites is 1. The molecule has 28 heavy (non-hydrogen) atoms. The van der Waals surface area contributed by atoms with Crippen LogP contribution in [0.3, 0.4) is 0 Å². The van der Waals surface area contributed by atoms with Gasteiger partial charge in [-0.05, 0) is 38.1 Å². The molecule has 0 radical (unpaired) electrons. The van der Waals surface area contributed by atoms with Gasteiger partial charge in [-0.15, -0.1) is 0 Å². The summed E-state index contributed by atoms with van der Waals surface area (Å²) in [5, 5.41) is 5.38. The number of rotatable bonds is 3. The van der Waals surface area contributed by atoms with Crippen LogP contribution in [0.25, 0.3) is 16.9 Å². The van der Waals surface area contributed by atoms with Crippen molar-refractivity contribution in [3.8, 4) is 16.9 Å². The van der Waals surface area contributed by atoms with Gasteiger partial charge in [0.05, 0.1) is 23.5 Å². The van der Waals surface area contributed by atoms with Gasteiger partial charge in [0.2, 0.25) is 0 Å². The molecule has 0 N–H and O–H groups in total. The van der Waals surface area contributed by atoms with Gasteiger partial charge in [0, 0.05) is 29.9 Å². The molecule has 0 saturated carbocycles. The highest BCUT2D eigenvalue weighted by molar-refractivity contribution is 6.30. The number of morpholine rings is 1. The Bertz CT molecular complexity index is 959. The number of carbonyl (C=O) groups excluding carboxylic acids is 1. The first-order valence-electron chi connectivity index (χ1n) is 9.37. The van der Waals surface area contributed by atoms with E-state index < -0.39 is 0 Å². The smallest absolute Gasteiger partial charge is 0.257 e. The molecule has 0 spiro atoms. The largest absolute Gasteiger partial charge is 0.372 e.